The number of nitrogens with zero attached hydrogens (tertiary/aromatic N) is 3. The lowest BCUT2D eigenvalue weighted by atomic mass is 10.3. The van der Waals surface area contributed by atoms with Gasteiger partial charge in [-0.25, -0.2) is 14.4 Å². The summed E-state index contributed by atoms with van der Waals surface area (Å²) < 4.78 is 1.01. The molecule has 0 unspecified atom stereocenters. The second-order valence-electron chi connectivity index (χ2n) is 2.61. The van der Waals surface area contributed by atoms with E-state index in [1.54, 1.807) is 0 Å². The van der Waals surface area contributed by atoms with E-state index in [-0.39, 0.29) is 17.0 Å². The van der Waals surface area contributed by atoms with Crippen LogP contribution in [0.3, 0.4) is 0 Å². The molecule has 0 bridgehead atoms. The van der Waals surface area contributed by atoms with E-state index in [4.69, 9.17) is 0 Å². The highest BCUT2D eigenvalue weighted by molar-refractivity contribution is 5.74. The summed E-state index contributed by atoms with van der Waals surface area (Å²) in [6.45, 7) is 0. The molecule has 0 atom stereocenters. The van der Waals surface area contributed by atoms with Crippen molar-refractivity contribution in [1.29, 1.82) is 0 Å². The average molecular weight is 191 g/mol. The van der Waals surface area contributed by atoms with Crippen LogP contribution in [-0.2, 0) is 0 Å². The highest BCUT2D eigenvalue weighted by Gasteiger charge is 2.06. The lowest BCUT2D eigenvalue weighted by Crippen LogP contribution is -2.19. The monoisotopic (exact) mass is 191 g/mol. The average Bonchev–Trinajstić information content (AvgIpc) is 2.20. The van der Waals surface area contributed by atoms with Crippen LogP contribution >= 0.6 is 0 Å². The van der Waals surface area contributed by atoms with Crippen molar-refractivity contribution >= 4 is 11.9 Å². The molecule has 2 heterocycles. The van der Waals surface area contributed by atoms with Crippen molar-refractivity contribution in [2.24, 2.45) is 0 Å². The van der Waals surface area contributed by atoms with E-state index in [0.717, 1.165) is 10.6 Å². The van der Waals surface area contributed by atoms with Crippen LogP contribution in [0, 0.1) is 0 Å². The molecular weight excluding hydrogens is 186 g/mol. The molecule has 2 rings (SSSR count). The first-order valence-corrected chi connectivity index (χ1v) is 3.73. The molecule has 0 radical (unpaired) electrons. The Morgan fingerprint density at radius 2 is 2.21 bits per heavy atom. The van der Waals surface area contributed by atoms with Crippen LogP contribution in [0.1, 0.15) is 10.4 Å². The molecule has 0 amide bonds. The second kappa shape index (κ2) is 2.91. The SMILES string of the molecule is O=Cc1cnc2c(O)cncn2c1=O. The number of hydrogen-bond acceptors (Lipinski definition) is 5. The lowest BCUT2D eigenvalue weighted by Gasteiger charge is -2.00. The smallest absolute Gasteiger partial charge is 0.269 e. The fourth-order valence-electron chi connectivity index (χ4n) is 1.09. The summed E-state index contributed by atoms with van der Waals surface area (Å²) in [7, 11) is 0. The van der Waals surface area contributed by atoms with Gasteiger partial charge in [0.05, 0.1) is 11.8 Å². The van der Waals surface area contributed by atoms with Crippen LogP contribution in [0.25, 0.3) is 5.65 Å². The molecule has 1 N–H and O–H groups in total. The number of aromatic nitrogens is 3. The molecule has 14 heavy (non-hydrogen) atoms. The summed E-state index contributed by atoms with van der Waals surface area (Å²) in [6.07, 6.45) is 3.88. The van der Waals surface area contributed by atoms with Crippen molar-refractivity contribution in [1.82, 2.24) is 14.4 Å². The van der Waals surface area contributed by atoms with Gasteiger partial charge in [-0.3, -0.25) is 9.59 Å². The quantitative estimate of drug-likeness (QED) is 0.620. The zero-order valence-corrected chi connectivity index (χ0v) is 6.91. The van der Waals surface area contributed by atoms with Crippen molar-refractivity contribution in [3.63, 3.8) is 0 Å². The highest BCUT2D eigenvalue weighted by atomic mass is 16.3. The minimum absolute atomic E-state index is 0.0742. The Labute approximate surface area is 77.5 Å². The minimum Gasteiger partial charge on any atom is -0.503 e. The number of aromatic hydroxyl groups is 1. The van der Waals surface area contributed by atoms with E-state index in [0.29, 0.717) is 6.29 Å². The molecule has 6 heteroatoms. The predicted molar refractivity (Wildman–Crippen MR) is 46.3 cm³/mol. The summed E-state index contributed by atoms with van der Waals surface area (Å²) in [5.41, 5.74) is -0.543. The van der Waals surface area contributed by atoms with E-state index >= 15 is 0 Å². The van der Waals surface area contributed by atoms with Crippen molar-refractivity contribution in [3.8, 4) is 5.75 Å². The normalized spacial score (nSPS) is 10.3. The van der Waals surface area contributed by atoms with Crippen LogP contribution in [0.5, 0.6) is 5.75 Å². The maximum atomic E-state index is 11.5. The molecule has 0 fully saturated rings. The van der Waals surface area contributed by atoms with E-state index in [1.807, 2.05) is 0 Å². The number of carbonyl (C=O) groups excluding carboxylic acids is 1. The number of carbonyl (C=O) groups is 1. The largest absolute Gasteiger partial charge is 0.503 e. The van der Waals surface area contributed by atoms with Crippen molar-refractivity contribution in [2.45, 2.75) is 0 Å². The van der Waals surface area contributed by atoms with Crippen LogP contribution in [-0.4, -0.2) is 25.8 Å². The summed E-state index contributed by atoms with van der Waals surface area (Å²) in [6, 6.07) is 0. The van der Waals surface area contributed by atoms with Gasteiger partial charge in [0.15, 0.2) is 17.7 Å². The molecule has 2 aromatic heterocycles. The third-order valence-electron chi connectivity index (χ3n) is 1.75. The highest BCUT2D eigenvalue weighted by Crippen LogP contribution is 2.10. The number of aldehydes is 1. The first kappa shape index (κ1) is 8.36. The Balaban J connectivity index is 2.98. The summed E-state index contributed by atoms with van der Waals surface area (Å²) in [5.74, 6) is -0.206. The Morgan fingerprint density at radius 3 is 2.93 bits per heavy atom. The van der Waals surface area contributed by atoms with Crippen molar-refractivity contribution in [2.75, 3.05) is 0 Å². The summed E-state index contributed by atoms with van der Waals surface area (Å²) >= 11 is 0. The molecule has 0 aliphatic heterocycles. The standard InChI is InChI=1S/C8H5N3O3/c12-3-5-1-10-7-6(13)2-9-4-11(7)8(5)14/h1-4,13H. The summed E-state index contributed by atoms with van der Waals surface area (Å²) in [5, 5.41) is 9.29. The van der Waals surface area contributed by atoms with Gasteiger partial charge in [0.2, 0.25) is 0 Å². The van der Waals surface area contributed by atoms with Crippen LogP contribution in [0.2, 0.25) is 0 Å². The minimum atomic E-state index is -0.548. The van der Waals surface area contributed by atoms with Crippen molar-refractivity contribution < 1.29 is 9.90 Å². The van der Waals surface area contributed by atoms with Crippen LogP contribution in [0.15, 0.2) is 23.5 Å². The van der Waals surface area contributed by atoms with Gasteiger partial charge >= 0.3 is 0 Å². The Bertz CT molecular complexity index is 561. The van der Waals surface area contributed by atoms with Gasteiger partial charge in [0, 0.05) is 6.20 Å². The van der Waals surface area contributed by atoms with Gasteiger partial charge in [-0.2, -0.15) is 0 Å². The molecule has 6 nitrogen and oxygen atoms in total. The van der Waals surface area contributed by atoms with Gasteiger partial charge in [-0.05, 0) is 0 Å². The van der Waals surface area contributed by atoms with Crippen LogP contribution < -0.4 is 5.56 Å². The van der Waals surface area contributed by atoms with E-state index in [2.05, 4.69) is 9.97 Å². The third kappa shape index (κ3) is 1.05. The predicted octanol–water partition coefficient (Wildman–Crippen LogP) is -0.392. The van der Waals surface area contributed by atoms with E-state index in [9.17, 15) is 14.7 Å². The maximum Gasteiger partial charge on any atom is 0.269 e. The van der Waals surface area contributed by atoms with Crippen LogP contribution in [0.4, 0.5) is 0 Å². The Hall–Kier alpha value is -2.24. The fraction of sp³-hybridized carbons (Fsp3) is 0. The first-order valence-electron chi connectivity index (χ1n) is 3.73. The molecule has 0 aliphatic rings. The van der Waals surface area contributed by atoms with E-state index in [1.165, 1.54) is 12.5 Å². The molecule has 0 spiro atoms. The van der Waals surface area contributed by atoms with Gasteiger partial charge in [-0.15, -0.1) is 0 Å². The third-order valence-corrected chi connectivity index (χ3v) is 1.75. The molecule has 0 aromatic carbocycles. The second-order valence-corrected chi connectivity index (χ2v) is 2.61. The van der Waals surface area contributed by atoms with Gasteiger partial charge in [0.25, 0.3) is 5.56 Å². The zero-order valence-electron chi connectivity index (χ0n) is 6.91. The lowest BCUT2D eigenvalue weighted by molar-refractivity contribution is 0.112. The Kier molecular flexibility index (Phi) is 1.74. The number of rotatable bonds is 1. The molecule has 0 saturated heterocycles. The number of fused-ring (bicyclic) bond motifs is 1. The topological polar surface area (TPSA) is 84.6 Å². The molecule has 70 valence electrons. The summed E-state index contributed by atoms with van der Waals surface area (Å²) in [4.78, 5) is 29.2. The van der Waals surface area contributed by atoms with Crippen molar-refractivity contribution in [3.05, 3.63) is 34.6 Å². The van der Waals surface area contributed by atoms with E-state index < -0.39 is 5.56 Å². The molecular formula is C8H5N3O3. The molecule has 0 aliphatic carbocycles. The van der Waals surface area contributed by atoms with Gasteiger partial charge in [0.1, 0.15) is 6.33 Å². The maximum absolute atomic E-state index is 11.5. The van der Waals surface area contributed by atoms with Gasteiger partial charge in [-0.1, -0.05) is 0 Å². The first-order chi connectivity index (χ1) is 6.74. The molecule has 2 aromatic rings. The number of hydrogen-bond donors (Lipinski definition) is 1. The zero-order chi connectivity index (χ0) is 10.1. The fourth-order valence-corrected chi connectivity index (χ4v) is 1.09. The molecule has 0 saturated carbocycles. The Morgan fingerprint density at radius 1 is 1.43 bits per heavy atom. The van der Waals surface area contributed by atoms with Gasteiger partial charge < -0.3 is 5.11 Å².